The van der Waals surface area contributed by atoms with Gasteiger partial charge in [0.25, 0.3) is 0 Å². The molecule has 0 amide bonds. The molecule has 178 valence electrons. The number of unbranched alkanes of at least 4 members (excludes halogenated alkanes) is 1. The molecule has 4 nitrogen and oxygen atoms in total. The number of alkyl halides is 12. The number of hydrogen-bond donors (Lipinski definition) is 2. The number of halogens is 12. The molecule has 0 saturated heterocycles. The minimum atomic E-state index is -8.02. The molecular weight excluding hydrogens is 466 g/mol. The highest BCUT2D eigenvalue weighted by atomic mass is 32.2. The number of nitrogens with one attached hydrogen (secondary N) is 1. The van der Waals surface area contributed by atoms with Crippen molar-refractivity contribution >= 4 is 10.1 Å². The van der Waals surface area contributed by atoms with Crippen LogP contribution in [0.2, 0.25) is 0 Å². The normalized spacial score (nSPS) is 15.0. The van der Waals surface area contributed by atoms with Crippen LogP contribution < -0.4 is 5.32 Å². The quantitative estimate of drug-likeness (QED) is 0.370. The Kier molecular flexibility index (Phi) is 9.41. The van der Waals surface area contributed by atoms with Crippen LogP contribution in [-0.2, 0) is 10.1 Å². The molecule has 0 spiro atoms. The second-order valence-electron chi connectivity index (χ2n) is 5.60. The molecule has 0 aliphatic heterocycles. The fourth-order valence-corrected chi connectivity index (χ4v) is 1.98. The molecule has 0 heterocycles. The molecule has 29 heavy (non-hydrogen) atoms. The molecule has 0 aliphatic rings. The summed E-state index contributed by atoms with van der Waals surface area (Å²) in [5.41, 5.74) is 0. The summed E-state index contributed by atoms with van der Waals surface area (Å²) in [6, 6.07) is 0. The molecule has 0 aromatic rings. The molecule has 17 heteroatoms. The topological polar surface area (TPSA) is 66.4 Å². The Morgan fingerprint density at radius 2 is 1.03 bits per heavy atom. The molecule has 0 saturated carbocycles. The molecule has 0 aliphatic carbocycles. The van der Waals surface area contributed by atoms with E-state index in [0.717, 1.165) is 6.92 Å². The van der Waals surface area contributed by atoms with E-state index in [1.165, 1.54) is 0 Å². The van der Waals surface area contributed by atoms with Gasteiger partial charge in [-0.25, -0.2) is 0 Å². The standard InChI is InChI=1S/C10H10F12O3S.C2H7N/c1-2-3-4-5(11,12)6(13,14)7(15,16)8(17,18)9(19,20)10(21,22)26(23,24)25;1-3-2/h2-4H2,1H3,(H,23,24,25);3H,1-2H3. The van der Waals surface area contributed by atoms with Gasteiger partial charge < -0.3 is 5.32 Å². The molecule has 0 atom stereocenters. The van der Waals surface area contributed by atoms with Gasteiger partial charge in [0.05, 0.1) is 0 Å². The van der Waals surface area contributed by atoms with Crippen molar-refractivity contribution in [2.75, 3.05) is 14.1 Å². The van der Waals surface area contributed by atoms with Gasteiger partial charge in [-0.15, -0.1) is 0 Å². The molecule has 0 rings (SSSR count). The Labute approximate surface area is 157 Å². The van der Waals surface area contributed by atoms with E-state index in [4.69, 9.17) is 4.55 Å². The summed E-state index contributed by atoms with van der Waals surface area (Å²) in [7, 11) is -3.78. The van der Waals surface area contributed by atoms with Crippen molar-refractivity contribution in [2.24, 2.45) is 0 Å². The van der Waals surface area contributed by atoms with Crippen LogP contribution >= 0.6 is 0 Å². The van der Waals surface area contributed by atoms with Crippen LogP contribution in [0.15, 0.2) is 0 Å². The van der Waals surface area contributed by atoms with E-state index in [9.17, 15) is 61.1 Å². The monoisotopic (exact) mass is 483 g/mol. The van der Waals surface area contributed by atoms with Gasteiger partial charge in [0.1, 0.15) is 0 Å². The third kappa shape index (κ3) is 5.03. The minimum absolute atomic E-state index is 0.343. The van der Waals surface area contributed by atoms with Crippen molar-refractivity contribution in [3.8, 4) is 0 Å². The van der Waals surface area contributed by atoms with E-state index < -0.39 is 57.8 Å². The lowest BCUT2D eigenvalue weighted by Gasteiger charge is -2.40. The lowest BCUT2D eigenvalue weighted by Crippen LogP contribution is -2.71. The Bertz CT molecular complexity index is 636. The zero-order valence-corrected chi connectivity index (χ0v) is 15.6. The Morgan fingerprint density at radius 1 is 0.724 bits per heavy atom. The van der Waals surface area contributed by atoms with Gasteiger partial charge in [-0.1, -0.05) is 13.3 Å². The average molecular weight is 483 g/mol. The zero-order valence-electron chi connectivity index (χ0n) is 14.8. The van der Waals surface area contributed by atoms with Gasteiger partial charge in [0.15, 0.2) is 0 Å². The summed E-state index contributed by atoms with van der Waals surface area (Å²) in [6.45, 7) is 1.09. The summed E-state index contributed by atoms with van der Waals surface area (Å²) in [4.78, 5) is 0. The first-order chi connectivity index (χ1) is 12.5. The molecular formula is C12H17F12NO3S. The second-order valence-corrected chi connectivity index (χ2v) is 7.06. The largest absolute Gasteiger partial charge is 0.438 e. The summed E-state index contributed by atoms with van der Waals surface area (Å²) in [6.07, 6.45) is -3.49. The summed E-state index contributed by atoms with van der Waals surface area (Å²) in [5.74, 6) is -37.1. The first-order valence-corrected chi connectivity index (χ1v) is 8.74. The Hall–Kier alpha value is -0.970. The molecule has 0 aromatic heterocycles. The first kappa shape index (κ1) is 30.2. The first-order valence-electron chi connectivity index (χ1n) is 7.30. The molecule has 0 fully saturated rings. The van der Waals surface area contributed by atoms with Crippen molar-refractivity contribution in [3.63, 3.8) is 0 Å². The van der Waals surface area contributed by atoms with Gasteiger partial charge in [-0.3, -0.25) is 4.55 Å². The van der Waals surface area contributed by atoms with Crippen LogP contribution in [0.25, 0.3) is 0 Å². The maximum Gasteiger partial charge on any atom is 0.438 e. The van der Waals surface area contributed by atoms with Crippen LogP contribution in [0.1, 0.15) is 26.2 Å². The van der Waals surface area contributed by atoms with Gasteiger partial charge in [0.2, 0.25) is 0 Å². The van der Waals surface area contributed by atoms with Crippen molar-refractivity contribution in [1.29, 1.82) is 0 Å². The second kappa shape index (κ2) is 9.03. The summed E-state index contributed by atoms with van der Waals surface area (Å²) >= 11 is 0. The summed E-state index contributed by atoms with van der Waals surface area (Å²) < 4.78 is 185. The fourth-order valence-electron chi connectivity index (χ4n) is 1.52. The highest BCUT2D eigenvalue weighted by molar-refractivity contribution is 7.87. The third-order valence-electron chi connectivity index (χ3n) is 3.18. The molecule has 0 bridgehead atoms. The molecule has 0 aromatic carbocycles. The van der Waals surface area contributed by atoms with E-state index in [0.29, 0.717) is 0 Å². The van der Waals surface area contributed by atoms with Crippen LogP contribution in [-0.4, -0.2) is 61.9 Å². The lowest BCUT2D eigenvalue weighted by atomic mass is 9.92. The predicted octanol–water partition coefficient (Wildman–Crippen LogP) is 4.67. The van der Waals surface area contributed by atoms with Crippen molar-refractivity contribution < 1.29 is 65.7 Å². The van der Waals surface area contributed by atoms with Crippen molar-refractivity contribution in [1.82, 2.24) is 5.32 Å². The Balaban J connectivity index is 0. The Morgan fingerprint density at radius 3 is 1.31 bits per heavy atom. The van der Waals surface area contributed by atoms with Gasteiger partial charge in [-0.05, 0) is 20.5 Å². The molecule has 2 N–H and O–H groups in total. The lowest BCUT2D eigenvalue weighted by molar-refractivity contribution is -0.417. The smallest absolute Gasteiger partial charge is 0.323 e. The van der Waals surface area contributed by atoms with E-state index in [1.54, 1.807) is 0 Å². The minimum Gasteiger partial charge on any atom is -0.323 e. The van der Waals surface area contributed by atoms with Gasteiger partial charge >= 0.3 is 45.0 Å². The third-order valence-corrected chi connectivity index (χ3v) is 4.08. The number of hydrogen-bond acceptors (Lipinski definition) is 3. The highest BCUT2D eigenvalue weighted by Crippen LogP contribution is 2.61. The zero-order chi connectivity index (χ0) is 24.3. The molecule has 0 unspecified atom stereocenters. The highest BCUT2D eigenvalue weighted by Gasteiger charge is 2.91. The SMILES string of the molecule is CCCCC(F)(F)C(F)(F)C(F)(F)C(F)(F)C(F)(F)C(F)(F)S(=O)(=O)O.CNC. The van der Waals surface area contributed by atoms with Gasteiger partial charge in [0, 0.05) is 6.42 Å². The van der Waals surface area contributed by atoms with E-state index in [2.05, 4.69) is 5.32 Å². The van der Waals surface area contributed by atoms with E-state index >= 15 is 0 Å². The van der Waals surface area contributed by atoms with Crippen LogP contribution in [0.3, 0.4) is 0 Å². The van der Waals surface area contributed by atoms with Crippen LogP contribution in [0.4, 0.5) is 52.7 Å². The van der Waals surface area contributed by atoms with Crippen molar-refractivity contribution in [2.45, 2.75) is 61.1 Å². The maximum atomic E-state index is 13.2. The van der Waals surface area contributed by atoms with Crippen LogP contribution in [0, 0.1) is 0 Å². The van der Waals surface area contributed by atoms with Gasteiger partial charge in [-0.2, -0.15) is 61.1 Å². The maximum absolute atomic E-state index is 13.2. The average Bonchev–Trinajstić information content (AvgIpc) is 2.51. The summed E-state index contributed by atoms with van der Waals surface area (Å²) in [5, 5.41) is -4.65. The van der Waals surface area contributed by atoms with E-state index in [1.807, 2.05) is 14.1 Å². The van der Waals surface area contributed by atoms with Crippen LogP contribution in [0.5, 0.6) is 0 Å². The van der Waals surface area contributed by atoms with E-state index in [-0.39, 0.29) is 6.42 Å². The number of rotatable bonds is 9. The predicted molar refractivity (Wildman–Crippen MR) is 75.7 cm³/mol. The molecule has 0 radical (unpaired) electrons. The van der Waals surface area contributed by atoms with Crippen molar-refractivity contribution in [3.05, 3.63) is 0 Å². The fraction of sp³-hybridized carbons (Fsp3) is 1.00.